The Labute approximate surface area is 202 Å². The van der Waals surface area contributed by atoms with E-state index < -0.39 is 0 Å². The summed E-state index contributed by atoms with van der Waals surface area (Å²) in [4.78, 5) is 19.0. The van der Waals surface area contributed by atoms with E-state index in [0.717, 1.165) is 12.8 Å². The molecule has 27 heavy (non-hydrogen) atoms. The van der Waals surface area contributed by atoms with Gasteiger partial charge >= 0.3 is 21.1 Å². The van der Waals surface area contributed by atoms with Crippen LogP contribution in [-0.2, 0) is 65.9 Å². The van der Waals surface area contributed by atoms with E-state index in [0.29, 0.717) is 25.0 Å². The smallest absolute Gasteiger partial charge is 0.387 e. The first kappa shape index (κ1) is 32.5. The average molecular weight is 638 g/mol. The summed E-state index contributed by atoms with van der Waals surface area (Å²) in [5, 5.41) is 0. The standard InChI is InChI=1S/2C9H18O2S2.Pt/c2*1-3-5-6-8(4-2)7-10-11-9(12)13;/h2*8H,3-7H2,1-2H3,(H,12,13);/q;;+2/p-2. The second kappa shape index (κ2) is 24.9. The van der Waals surface area contributed by atoms with E-state index in [-0.39, 0.29) is 29.8 Å². The predicted octanol–water partition coefficient (Wildman–Crippen LogP) is 5.96. The molecule has 0 saturated heterocycles. The third kappa shape index (κ3) is 26.8. The molecule has 0 aliphatic heterocycles. The van der Waals surface area contributed by atoms with Crippen molar-refractivity contribution in [3.05, 3.63) is 0 Å². The first-order valence-corrected chi connectivity index (χ1v) is 11.0. The van der Waals surface area contributed by atoms with Gasteiger partial charge in [-0.15, -0.1) is 0 Å². The molecule has 0 aliphatic rings. The van der Waals surface area contributed by atoms with E-state index >= 15 is 0 Å². The fourth-order valence-electron chi connectivity index (χ4n) is 2.15. The normalized spacial score (nSPS) is 12.0. The topological polar surface area (TPSA) is 36.9 Å². The Morgan fingerprint density at radius 2 is 1.07 bits per heavy atom. The van der Waals surface area contributed by atoms with Crippen molar-refractivity contribution in [2.24, 2.45) is 11.8 Å². The molecule has 0 amide bonds. The van der Waals surface area contributed by atoms with Gasteiger partial charge in [0.25, 0.3) is 0 Å². The molecule has 0 aliphatic carbocycles. The van der Waals surface area contributed by atoms with Gasteiger partial charge in [-0.3, -0.25) is 0 Å². The van der Waals surface area contributed by atoms with Gasteiger partial charge < -0.3 is 59.5 Å². The minimum absolute atomic E-state index is 0. The number of rotatable bonds is 14. The maximum atomic E-state index is 4.90. The Kier molecular flexibility index (Phi) is 29.9. The van der Waals surface area contributed by atoms with Crippen molar-refractivity contribution in [1.29, 1.82) is 0 Å². The molecule has 2 unspecified atom stereocenters. The molecule has 0 aromatic rings. The van der Waals surface area contributed by atoms with Gasteiger partial charge in [0, 0.05) is 0 Å². The number of hydrogen-bond acceptors (Lipinski definition) is 8. The van der Waals surface area contributed by atoms with Crippen molar-refractivity contribution in [3.8, 4) is 0 Å². The van der Waals surface area contributed by atoms with Crippen molar-refractivity contribution < 1.29 is 40.6 Å². The van der Waals surface area contributed by atoms with Crippen LogP contribution in [0.25, 0.3) is 0 Å². The SMILES string of the molecule is CCCCC(CC)COOC(=S)[S-].CCCCC(CC)COOC(=S)[S-].[Pt+2]. The molecular formula is C18H34O4PtS4. The van der Waals surface area contributed by atoms with E-state index in [1.54, 1.807) is 0 Å². The molecule has 0 aromatic heterocycles. The van der Waals surface area contributed by atoms with Crippen LogP contribution in [0.2, 0.25) is 0 Å². The summed E-state index contributed by atoms with van der Waals surface area (Å²) < 4.78 is 0.0655. The summed E-state index contributed by atoms with van der Waals surface area (Å²) in [6, 6.07) is 0. The van der Waals surface area contributed by atoms with Gasteiger partial charge in [-0.1, -0.05) is 66.2 Å². The first-order valence-electron chi connectivity index (χ1n) is 9.41. The Morgan fingerprint density at radius 1 is 0.741 bits per heavy atom. The minimum atomic E-state index is 0. The Morgan fingerprint density at radius 3 is 1.30 bits per heavy atom. The van der Waals surface area contributed by atoms with Crippen LogP contribution in [0, 0.1) is 11.8 Å². The molecule has 4 nitrogen and oxygen atoms in total. The summed E-state index contributed by atoms with van der Waals surface area (Å²) >= 11 is 18.2. The third-order valence-electron chi connectivity index (χ3n) is 3.95. The second-order valence-corrected chi connectivity index (χ2v) is 8.07. The zero-order valence-electron chi connectivity index (χ0n) is 16.8. The quantitative estimate of drug-likeness (QED) is 0.100. The van der Waals surface area contributed by atoms with Crippen LogP contribution < -0.4 is 0 Å². The molecule has 0 bridgehead atoms. The van der Waals surface area contributed by atoms with Crippen molar-refractivity contribution in [1.82, 2.24) is 0 Å². The van der Waals surface area contributed by atoms with Gasteiger partial charge in [-0.05, 0) is 24.7 Å². The number of unbranched alkanes of at least 4 members (excludes halogenated alkanes) is 2. The van der Waals surface area contributed by atoms with Gasteiger partial charge in [-0.25, -0.2) is 0 Å². The molecular weight excluding hydrogens is 604 g/mol. The molecule has 0 spiro atoms. The summed E-state index contributed by atoms with van der Waals surface area (Å²) in [6.07, 6.45) is 9.48. The summed E-state index contributed by atoms with van der Waals surface area (Å²) in [5.41, 5.74) is 0. The summed E-state index contributed by atoms with van der Waals surface area (Å²) in [7, 11) is 0. The van der Waals surface area contributed by atoms with E-state index in [4.69, 9.17) is 9.78 Å². The van der Waals surface area contributed by atoms with Crippen LogP contribution in [0.15, 0.2) is 0 Å². The fourth-order valence-corrected chi connectivity index (χ4v) is 2.35. The van der Waals surface area contributed by atoms with Gasteiger partial charge in [0.15, 0.2) is 0 Å². The van der Waals surface area contributed by atoms with E-state index in [9.17, 15) is 0 Å². The fraction of sp³-hybridized carbons (Fsp3) is 0.889. The Hall–Kier alpha value is 0.828. The Balaban J connectivity index is -0.000000411. The maximum absolute atomic E-state index is 4.90. The summed E-state index contributed by atoms with van der Waals surface area (Å²) in [5.74, 6) is 1.12. The molecule has 2 atom stereocenters. The van der Waals surface area contributed by atoms with Crippen LogP contribution in [0.1, 0.15) is 79.1 Å². The van der Waals surface area contributed by atoms with Crippen molar-refractivity contribution in [2.75, 3.05) is 13.2 Å². The summed E-state index contributed by atoms with van der Waals surface area (Å²) in [6.45, 7) is 9.84. The van der Waals surface area contributed by atoms with E-state index in [2.05, 4.69) is 87.2 Å². The molecule has 164 valence electrons. The van der Waals surface area contributed by atoms with Gasteiger partial charge in [0.1, 0.15) is 0 Å². The molecule has 0 N–H and O–H groups in total. The van der Waals surface area contributed by atoms with Gasteiger partial charge in [-0.2, -0.15) is 9.78 Å². The zero-order valence-corrected chi connectivity index (χ0v) is 22.3. The van der Waals surface area contributed by atoms with Crippen LogP contribution >= 0.6 is 24.4 Å². The molecule has 0 rings (SSSR count). The molecule has 0 fully saturated rings. The first-order chi connectivity index (χ1) is 12.4. The third-order valence-corrected chi connectivity index (χ3v) is 4.22. The van der Waals surface area contributed by atoms with Crippen molar-refractivity contribution in [3.63, 3.8) is 0 Å². The molecule has 0 saturated carbocycles. The van der Waals surface area contributed by atoms with Crippen LogP contribution in [0.4, 0.5) is 0 Å². The maximum Gasteiger partial charge on any atom is 2.00 e. The largest absolute Gasteiger partial charge is 2.00 e. The molecule has 0 aromatic carbocycles. The zero-order chi connectivity index (χ0) is 20.2. The second-order valence-electron chi connectivity index (χ2n) is 6.07. The van der Waals surface area contributed by atoms with Gasteiger partial charge in [0.05, 0.1) is 22.0 Å². The van der Waals surface area contributed by atoms with Crippen LogP contribution in [-0.4, -0.2) is 22.0 Å². The van der Waals surface area contributed by atoms with E-state index in [1.165, 1.54) is 38.5 Å². The van der Waals surface area contributed by atoms with E-state index in [1.807, 2.05) is 0 Å². The molecule has 9 heteroatoms. The predicted molar refractivity (Wildman–Crippen MR) is 121 cm³/mol. The van der Waals surface area contributed by atoms with Crippen LogP contribution in [0.3, 0.4) is 0 Å². The van der Waals surface area contributed by atoms with Crippen molar-refractivity contribution in [2.45, 2.75) is 79.1 Å². The van der Waals surface area contributed by atoms with Gasteiger partial charge in [0.2, 0.25) is 0 Å². The number of hydrogen-bond donors (Lipinski definition) is 0. The Bertz CT molecular complexity index is 317. The number of thiocarbonyl (C=S) groups is 2. The monoisotopic (exact) mass is 637 g/mol. The van der Waals surface area contributed by atoms with Crippen molar-refractivity contribution >= 4 is 58.5 Å². The molecule has 0 heterocycles. The average Bonchev–Trinajstić information content (AvgIpc) is 2.60. The minimum Gasteiger partial charge on any atom is -0.387 e. The van der Waals surface area contributed by atoms with Crippen LogP contribution in [0.5, 0.6) is 0 Å². The molecule has 0 radical (unpaired) electrons.